The van der Waals surface area contributed by atoms with Gasteiger partial charge >= 0.3 is 0 Å². The van der Waals surface area contributed by atoms with Gasteiger partial charge in [-0.2, -0.15) is 0 Å². The van der Waals surface area contributed by atoms with Gasteiger partial charge < -0.3 is 20.9 Å². The molecule has 31 heavy (non-hydrogen) atoms. The number of nitrogens with zero attached hydrogens (tertiary/aromatic N) is 3. The van der Waals surface area contributed by atoms with Crippen LogP contribution >= 0.6 is 0 Å². The molecule has 5 rings (SSSR count). The second-order valence-electron chi connectivity index (χ2n) is 7.71. The van der Waals surface area contributed by atoms with Crippen LogP contribution in [0.25, 0.3) is 22.0 Å². The first kappa shape index (κ1) is 19.3. The average molecular weight is 417 g/mol. The third kappa shape index (κ3) is 3.75. The number of carbonyl (C=O) groups is 1. The number of aromatic amines is 1. The number of fused-ring (bicyclic) bond motifs is 1. The van der Waals surface area contributed by atoms with Crippen molar-refractivity contribution >= 4 is 28.3 Å². The molecule has 0 amide bonds. The van der Waals surface area contributed by atoms with Crippen LogP contribution in [0.1, 0.15) is 25.3 Å². The van der Waals surface area contributed by atoms with E-state index in [1.54, 1.807) is 12.3 Å². The van der Waals surface area contributed by atoms with Crippen LogP contribution in [0, 0.1) is 0 Å². The van der Waals surface area contributed by atoms with Gasteiger partial charge in [0.25, 0.3) is 0 Å². The van der Waals surface area contributed by atoms with Crippen molar-refractivity contribution in [3.8, 4) is 11.1 Å². The van der Waals surface area contributed by atoms with Crippen molar-refractivity contribution in [3.05, 3.63) is 72.2 Å². The number of hydrogen-bond donors (Lipinski definition) is 3. The molecule has 1 aliphatic rings. The van der Waals surface area contributed by atoms with Gasteiger partial charge in [-0.15, -0.1) is 0 Å². The Bertz CT molecular complexity index is 1250. The lowest BCUT2D eigenvalue weighted by molar-refractivity contribution is 0.103. The van der Waals surface area contributed by atoms with Gasteiger partial charge in [-0.1, -0.05) is 24.3 Å². The van der Waals surface area contributed by atoms with Crippen LogP contribution in [-0.4, -0.2) is 46.9 Å². The maximum absolute atomic E-state index is 13.3. The number of H-pyrrole nitrogens is 1. The van der Waals surface area contributed by atoms with Gasteiger partial charge in [0.2, 0.25) is 5.78 Å². The zero-order valence-electron chi connectivity index (χ0n) is 17.1. The van der Waals surface area contributed by atoms with Crippen molar-refractivity contribution in [1.82, 2.24) is 20.3 Å². The first-order valence-corrected chi connectivity index (χ1v) is 10.5. The van der Waals surface area contributed by atoms with Crippen molar-refractivity contribution in [2.24, 2.45) is 0 Å². The van der Waals surface area contributed by atoms with E-state index in [9.17, 15) is 4.79 Å². The zero-order chi connectivity index (χ0) is 21.2. The summed E-state index contributed by atoms with van der Waals surface area (Å²) < 4.78 is 0. The van der Waals surface area contributed by atoms with Crippen molar-refractivity contribution in [2.45, 2.75) is 6.42 Å². The summed E-state index contributed by atoms with van der Waals surface area (Å²) in [5, 5.41) is 4.46. The van der Waals surface area contributed by atoms with E-state index in [4.69, 9.17) is 5.73 Å². The number of hydrogen-bond acceptors (Lipinski definition) is 6. The molecule has 1 aromatic carbocycles. The van der Waals surface area contributed by atoms with E-state index in [0.29, 0.717) is 11.3 Å². The minimum absolute atomic E-state index is 0. The minimum Gasteiger partial charge on any atom is -0.383 e. The van der Waals surface area contributed by atoms with Gasteiger partial charge in [0.15, 0.2) is 0 Å². The van der Waals surface area contributed by atoms with Crippen LogP contribution in [0.4, 0.5) is 11.6 Å². The molecule has 1 fully saturated rings. The van der Waals surface area contributed by atoms with E-state index in [1.165, 1.54) is 0 Å². The summed E-state index contributed by atoms with van der Waals surface area (Å²) >= 11 is 0. The van der Waals surface area contributed by atoms with E-state index in [0.717, 1.165) is 60.4 Å². The molecule has 7 heteroatoms. The quantitative estimate of drug-likeness (QED) is 0.438. The molecule has 0 atom stereocenters. The van der Waals surface area contributed by atoms with Crippen LogP contribution in [0.3, 0.4) is 0 Å². The van der Waals surface area contributed by atoms with E-state index >= 15 is 0 Å². The number of anilines is 2. The van der Waals surface area contributed by atoms with Gasteiger partial charge in [-0.3, -0.25) is 4.79 Å². The SMILES string of the molecule is Nc1ncc(-c2c[nH]c3ccccc23)cc1C(=O)c1cccc(N2CCCNCC2)n1.[HH].[HH]. The first-order valence-electron chi connectivity index (χ1n) is 10.5. The highest BCUT2D eigenvalue weighted by atomic mass is 16.1. The highest BCUT2D eigenvalue weighted by molar-refractivity contribution is 6.11. The number of nitrogen functional groups attached to an aromatic ring is 1. The summed E-state index contributed by atoms with van der Waals surface area (Å²) in [7, 11) is 0. The summed E-state index contributed by atoms with van der Waals surface area (Å²) in [6.07, 6.45) is 4.68. The van der Waals surface area contributed by atoms with Crippen molar-refractivity contribution in [2.75, 3.05) is 36.8 Å². The Hall–Kier alpha value is -3.71. The third-order valence-electron chi connectivity index (χ3n) is 5.69. The highest BCUT2D eigenvalue weighted by Crippen LogP contribution is 2.30. The number of nitrogens with two attached hydrogens (primary N) is 1. The number of aromatic nitrogens is 3. The largest absolute Gasteiger partial charge is 0.383 e. The standard InChI is InChI=1S/C24H24N6O.2H2/c25-24-18(13-16(14-28-24)19-15-27-20-6-2-1-5-17(19)20)23(31)21-7-3-8-22(29-21)30-11-4-9-26-10-12-30;;/h1-3,5-8,13-15,26-27H,4,9-12H2,(H2,25,28);2*1H. The van der Waals surface area contributed by atoms with Gasteiger partial charge in [0.1, 0.15) is 17.3 Å². The normalized spacial score (nSPS) is 14.5. The number of pyridine rings is 2. The molecule has 0 unspecified atom stereocenters. The van der Waals surface area contributed by atoms with E-state index in [-0.39, 0.29) is 14.5 Å². The lowest BCUT2D eigenvalue weighted by Crippen LogP contribution is -2.29. The molecule has 0 saturated carbocycles. The van der Waals surface area contributed by atoms with E-state index < -0.39 is 0 Å². The molecule has 0 aliphatic carbocycles. The summed E-state index contributed by atoms with van der Waals surface area (Å²) in [6.45, 7) is 3.68. The van der Waals surface area contributed by atoms with Crippen LogP contribution < -0.4 is 16.0 Å². The zero-order valence-corrected chi connectivity index (χ0v) is 17.1. The number of benzene rings is 1. The number of nitrogens with one attached hydrogen (secondary N) is 2. The van der Waals surface area contributed by atoms with Crippen LogP contribution in [-0.2, 0) is 0 Å². The Morgan fingerprint density at radius 3 is 2.94 bits per heavy atom. The molecule has 160 valence electrons. The van der Waals surface area contributed by atoms with Crippen molar-refractivity contribution in [1.29, 1.82) is 0 Å². The van der Waals surface area contributed by atoms with E-state index in [1.807, 2.05) is 48.7 Å². The van der Waals surface area contributed by atoms with E-state index in [2.05, 4.69) is 25.2 Å². The second-order valence-corrected chi connectivity index (χ2v) is 7.71. The summed E-state index contributed by atoms with van der Waals surface area (Å²) in [6, 6.07) is 15.4. The number of carbonyl (C=O) groups excluding carboxylic acids is 1. The predicted octanol–water partition coefficient (Wildman–Crippen LogP) is 3.73. The minimum atomic E-state index is -0.221. The Balaban J connectivity index is 0.00000153. The molecule has 7 nitrogen and oxygen atoms in total. The fraction of sp³-hybridized carbons (Fsp3) is 0.208. The van der Waals surface area contributed by atoms with Gasteiger partial charge in [0, 0.05) is 56.9 Å². The molecule has 0 radical (unpaired) electrons. The Morgan fingerprint density at radius 1 is 1.10 bits per heavy atom. The first-order chi connectivity index (χ1) is 15.2. The Morgan fingerprint density at radius 2 is 2.00 bits per heavy atom. The molecule has 4 N–H and O–H groups in total. The summed E-state index contributed by atoms with van der Waals surface area (Å²) in [5.41, 5.74) is 9.70. The van der Waals surface area contributed by atoms with Crippen LogP contribution in [0.2, 0.25) is 0 Å². The molecule has 0 bridgehead atoms. The average Bonchev–Trinajstić information content (AvgIpc) is 3.05. The Kier molecular flexibility index (Phi) is 5.09. The molecule has 4 aromatic rings. The van der Waals surface area contributed by atoms with Gasteiger partial charge in [-0.05, 0) is 37.2 Å². The molecule has 3 aromatic heterocycles. The number of ketones is 1. The molecule has 1 aliphatic heterocycles. The molecule has 4 heterocycles. The third-order valence-corrected chi connectivity index (χ3v) is 5.69. The lowest BCUT2D eigenvalue weighted by atomic mass is 10.0. The molecular weight excluding hydrogens is 388 g/mol. The van der Waals surface area contributed by atoms with Crippen LogP contribution in [0.15, 0.2) is 60.9 Å². The smallest absolute Gasteiger partial charge is 0.215 e. The number of para-hydroxylation sites is 1. The fourth-order valence-electron chi connectivity index (χ4n) is 4.05. The highest BCUT2D eigenvalue weighted by Gasteiger charge is 2.19. The Labute approximate surface area is 183 Å². The topological polar surface area (TPSA) is 99.9 Å². The second kappa shape index (κ2) is 8.20. The maximum atomic E-state index is 13.3. The lowest BCUT2D eigenvalue weighted by Gasteiger charge is -2.21. The summed E-state index contributed by atoms with van der Waals surface area (Å²) in [4.78, 5) is 27.8. The molecule has 1 saturated heterocycles. The molecular formula is C24H28N6O. The fourth-order valence-corrected chi connectivity index (χ4v) is 4.05. The molecule has 0 spiro atoms. The van der Waals surface area contributed by atoms with Crippen LogP contribution in [0.5, 0.6) is 0 Å². The predicted molar refractivity (Wildman–Crippen MR) is 128 cm³/mol. The summed E-state index contributed by atoms with van der Waals surface area (Å²) in [5.74, 6) is 0.801. The van der Waals surface area contributed by atoms with Gasteiger partial charge in [0.05, 0.1) is 5.56 Å². The van der Waals surface area contributed by atoms with Gasteiger partial charge in [-0.25, -0.2) is 9.97 Å². The van der Waals surface area contributed by atoms with Crippen molar-refractivity contribution < 1.29 is 7.65 Å². The monoisotopic (exact) mass is 416 g/mol. The maximum Gasteiger partial charge on any atom is 0.215 e. The van der Waals surface area contributed by atoms with Crippen molar-refractivity contribution in [3.63, 3.8) is 0 Å². The number of rotatable bonds is 4.